The molecule has 0 spiro atoms. The summed E-state index contributed by atoms with van der Waals surface area (Å²) in [6.07, 6.45) is 3.13. The van der Waals surface area contributed by atoms with Gasteiger partial charge in [-0.05, 0) is 66.9 Å². The lowest BCUT2D eigenvalue weighted by Gasteiger charge is -2.22. The molecule has 164 valence electrons. The molecule has 2 aromatic heterocycles. The molecule has 0 saturated carbocycles. The molecule has 1 aliphatic heterocycles. The van der Waals surface area contributed by atoms with Crippen LogP contribution in [0.25, 0.3) is 16.0 Å². The van der Waals surface area contributed by atoms with Gasteiger partial charge in [0.15, 0.2) is 5.13 Å². The summed E-state index contributed by atoms with van der Waals surface area (Å²) >= 11 is 1.31. The Balaban J connectivity index is 1.73. The summed E-state index contributed by atoms with van der Waals surface area (Å²) in [5, 5.41) is 11.4. The molecule has 0 radical (unpaired) electrons. The van der Waals surface area contributed by atoms with Crippen LogP contribution >= 0.6 is 11.3 Å². The Hall–Kier alpha value is -3.91. The first-order valence-corrected chi connectivity index (χ1v) is 11.0. The molecule has 0 aliphatic carbocycles. The number of Topliss-reactive ketones (excluding diaryl/α,β-unsaturated/α-hetero) is 1. The highest BCUT2D eigenvalue weighted by Crippen LogP contribution is 2.44. The van der Waals surface area contributed by atoms with Gasteiger partial charge in [0.2, 0.25) is 0 Å². The van der Waals surface area contributed by atoms with E-state index in [1.54, 1.807) is 24.5 Å². The molecular formula is C25H18FN3O3S. The Morgan fingerprint density at radius 1 is 1.12 bits per heavy atom. The summed E-state index contributed by atoms with van der Waals surface area (Å²) in [4.78, 5) is 36.5. The van der Waals surface area contributed by atoms with Crippen LogP contribution in [0.4, 0.5) is 9.52 Å². The molecule has 8 heteroatoms. The highest BCUT2D eigenvalue weighted by molar-refractivity contribution is 7.22. The summed E-state index contributed by atoms with van der Waals surface area (Å²) < 4.78 is 14.3. The van der Waals surface area contributed by atoms with Crippen molar-refractivity contribution in [1.82, 2.24) is 9.97 Å². The van der Waals surface area contributed by atoms with Crippen LogP contribution in [0.2, 0.25) is 0 Å². The first kappa shape index (κ1) is 21.0. The third kappa shape index (κ3) is 3.48. The third-order valence-electron chi connectivity index (χ3n) is 5.59. The Labute approximate surface area is 192 Å². The number of carbonyl (C=O) groups excluding carboxylic acids is 2. The molecule has 1 amide bonds. The van der Waals surface area contributed by atoms with Gasteiger partial charge < -0.3 is 5.11 Å². The minimum absolute atomic E-state index is 0.0910. The van der Waals surface area contributed by atoms with Crippen LogP contribution in [0, 0.1) is 19.7 Å². The Bertz CT molecular complexity index is 1450. The number of hydrogen-bond acceptors (Lipinski definition) is 6. The predicted octanol–water partition coefficient (Wildman–Crippen LogP) is 5.07. The standard InChI is InChI=1S/C25H18FN3O3S/c1-13-10-14(2)20-18(11-13)33-25(28-20)29-21(16-4-3-9-27-12-16)19(23(31)24(29)32)22(30)15-5-7-17(26)8-6-15/h3-12,21,30H,1-2H3. The summed E-state index contributed by atoms with van der Waals surface area (Å²) in [6.45, 7) is 3.93. The Morgan fingerprint density at radius 2 is 1.88 bits per heavy atom. The van der Waals surface area contributed by atoms with Crippen molar-refractivity contribution in [2.75, 3.05) is 4.90 Å². The first-order valence-electron chi connectivity index (χ1n) is 10.2. The van der Waals surface area contributed by atoms with Crippen LogP contribution in [0.5, 0.6) is 0 Å². The van der Waals surface area contributed by atoms with Crippen LogP contribution in [0.3, 0.4) is 0 Å². The van der Waals surface area contributed by atoms with E-state index in [-0.39, 0.29) is 16.9 Å². The van der Waals surface area contributed by atoms with Gasteiger partial charge in [-0.15, -0.1) is 0 Å². The van der Waals surface area contributed by atoms with Gasteiger partial charge in [-0.3, -0.25) is 19.5 Å². The number of fused-ring (bicyclic) bond motifs is 1. The molecule has 1 N–H and O–H groups in total. The highest BCUT2D eigenvalue weighted by Gasteiger charge is 2.48. The fourth-order valence-corrected chi connectivity index (χ4v) is 5.28. The van der Waals surface area contributed by atoms with Crippen molar-refractivity contribution < 1.29 is 19.1 Å². The number of hydrogen-bond donors (Lipinski definition) is 1. The number of carbonyl (C=O) groups is 2. The van der Waals surface area contributed by atoms with Crippen molar-refractivity contribution in [2.45, 2.75) is 19.9 Å². The molecule has 3 heterocycles. The lowest BCUT2D eigenvalue weighted by molar-refractivity contribution is -0.132. The van der Waals surface area contributed by atoms with Crippen molar-refractivity contribution in [1.29, 1.82) is 0 Å². The molecule has 0 bridgehead atoms. The average molecular weight is 460 g/mol. The second-order valence-electron chi connectivity index (χ2n) is 7.89. The quantitative estimate of drug-likeness (QED) is 0.263. The maximum Gasteiger partial charge on any atom is 0.301 e. The second-order valence-corrected chi connectivity index (χ2v) is 8.90. The minimum Gasteiger partial charge on any atom is -0.507 e. The highest BCUT2D eigenvalue weighted by atomic mass is 32.1. The summed E-state index contributed by atoms with van der Waals surface area (Å²) in [5.74, 6) is -2.48. The summed E-state index contributed by atoms with van der Waals surface area (Å²) in [7, 11) is 0. The molecule has 4 aromatic rings. The number of pyridine rings is 1. The number of ketones is 1. The fourth-order valence-electron chi connectivity index (χ4n) is 4.11. The zero-order chi connectivity index (χ0) is 23.3. The van der Waals surface area contributed by atoms with E-state index in [0.29, 0.717) is 10.7 Å². The molecular weight excluding hydrogens is 441 g/mol. The van der Waals surface area contributed by atoms with Crippen LogP contribution in [0.15, 0.2) is 66.5 Å². The minimum atomic E-state index is -0.925. The van der Waals surface area contributed by atoms with E-state index in [4.69, 9.17) is 0 Å². The topological polar surface area (TPSA) is 83.4 Å². The molecule has 6 nitrogen and oxygen atoms in total. The predicted molar refractivity (Wildman–Crippen MR) is 125 cm³/mol. The van der Waals surface area contributed by atoms with Gasteiger partial charge in [-0.25, -0.2) is 9.37 Å². The number of halogens is 1. The van der Waals surface area contributed by atoms with Gasteiger partial charge in [0, 0.05) is 18.0 Å². The van der Waals surface area contributed by atoms with E-state index in [1.807, 2.05) is 26.0 Å². The van der Waals surface area contributed by atoms with Crippen molar-refractivity contribution in [3.63, 3.8) is 0 Å². The van der Waals surface area contributed by atoms with Gasteiger partial charge in [-0.1, -0.05) is 23.5 Å². The summed E-state index contributed by atoms with van der Waals surface area (Å²) in [5.41, 5.74) is 3.48. The fraction of sp³-hybridized carbons (Fsp3) is 0.120. The molecule has 1 fully saturated rings. The number of aliphatic hydroxyl groups is 1. The lowest BCUT2D eigenvalue weighted by Crippen LogP contribution is -2.29. The molecule has 1 saturated heterocycles. The smallest absolute Gasteiger partial charge is 0.301 e. The largest absolute Gasteiger partial charge is 0.507 e. The van der Waals surface area contributed by atoms with Crippen molar-refractivity contribution in [3.05, 3.63) is 94.6 Å². The van der Waals surface area contributed by atoms with E-state index < -0.39 is 23.5 Å². The van der Waals surface area contributed by atoms with E-state index in [2.05, 4.69) is 9.97 Å². The number of aryl methyl sites for hydroxylation is 2. The first-order chi connectivity index (χ1) is 15.8. The van der Waals surface area contributed by atoms with E-state index >= 15 is 0 Å². The Morgan fingerprint density at radius 3 is 2.58 bits per heavy atom. The molecule has 33 heavy (non-hydrogen) atoms. The molecule has 1 unspecified atom stereocenters. The average Bonchev–Trinajstić information content (AvgIpc) is 3.33. The Kier molecular flexibility index (Phi) is 5.02. The monoisotopic (exact) mass is 459 g/mol. The lowest BCUT2D eigenvalue weighted by atomic mass is 9.96. The number of amides is 1. The van der Waals surface area contributed by atoms with Gasteiger partial charge in [0.1, 0.15) is 11.6 Å². The van der Waals surface area contributed by atoms with E-state index in [9.17, 15) is 19.1 Å². The third-order valence-corrected chi connectivity index (χ3v) is 6.59. The second kappa shape index (κ2) is 7.90. The maximum absolute atomic E-state index is 13.4. The molecule has 1 atom stereocenters. The maximum atomic E-state index is 13.4. The van der Waals surface area contributed by atoms with Crippen molar-refractivity contribution in [2.24, 2.45) is 0 Å². The molecule has 5 rings (SSSR count). The van der Waals surface area contributed by atoms with Crippen LogP contribution in [-0.4, -0.2) is 26.8 Å². The number of benzene rings is 2. The van der Waals surface area contributed by atoms with Crippen molar-refractivity contribution in [3.8, 4) is 0 Å². The SMILES string of the molecule is Cc1cc(C)c2nc(N3C(=O)C(=O)C(=C(O)c4ccc(F)cc4)C3c3cccnc3)sc2c1. The van der Waals surface area contributed by atoms with Crippen LogP contribution < -0.4 is 4.90 Å². The number of thiazole rings is 1. The van der Waals surface area contributed by atoms with Gasteiger partial charge >= 0.3 is 5.91 Å². The van der Waals surface area contributed by atoms with E-state index in [0.717, 1.165) is 21.3 Å². The number of nitrogens with zero attached hydrogens (tertiary/aromatic N) is 3. The van der Waals surface area contributed by atoms with Crippen molar-refractivity contribution >= 4 is 44.1 Å². The van der Waals surface area contributed by atoms with Crippen LogP contribution in [0.1, 0.15) is 28.3 Å². The zero-order valence-electron chi connectivity index (χ0n) is 17.7. The van der Waals surface area contributed by atoms with Gasteiger partial charge in [0.05, 0.1) is 21.8 Å². The number of aliphatic hydroxyl groups excluding tert-OH is 1. The normalized spacial score (nSPS) is 17.8. The zero-order valence-corrected chi connectivity index (χ0v) is 18.6. The molecule has 1 aliphatic rings. The van der Waals surface area contributed by atoms with Gasteiger partial charge in [0.25, 0.3) is 5.78 Å². The van der Waals surface area contributed by atoms with E-state index in [1.165, 1.54) is 40.5 Å². The number of aromatic nitrogens is 2. The number of rotatable bonds is 3. The molecule has 2 aromatic carbocycles. The van der Waals surface area contributed by atoms with Gasteiger partial charge in [-0.2, -0.15) is 0 Å². The number of anilines is 1. The summed E-state index contributed by atoms with van der Waals surface area (Å²) in [6, 6.07) is 11.6. The van der Waals surface area contributed by atoms with Crippen LogP contribution in [-0.2, 0) is 9.59 Å².